The van der Waals surface area contributed by atoms with Crippen molar-refractivity contribution in [2.24, 2.45) is 7.05 Å². The quantitative estimate of drug-likeness (QED) is 0.441. The Kier molecular flexibility index (Phi) is 5.60. The highest BCUT2D eigenvalue weighted by molar-refractivity contribution is 5.81. The molecule has 0 unspecified atom stereocenters. The van der Waals surface area contributed by atoms with Crippen molar-refractivity contribution < 1.29 is 17.6 Å². The maximum Gasteiger partial charge on any atom is 0.329 e. The zero-order valence-electron chi connectivity index (χ0n) is 18.6. The Bertz CT molecular complexity index is 1390. The van der Waals surface area contributed by atoms with E-state index in [9.17, 15) is 13.6 Å². The van der Waals surface area contributed by atoms with Crippen LogP contribution in [0.5, 0.6) is 0 Å². The van der Waals surface area contributed by atoms with Crippen LogP contribution in [0.25, 0.3) is 22.5 Å². The third kappa shape index (κ3) is 3.94. The summed E-state index contributed by atoms with van der Waals surface area (Å²) in [6.45, 7) is 3.21. The van der Waals surface area contributed by atoms with Gasteiger partial charge < -0.3 is 14.2 Å². The molecule has 4 aromatic rings. The summed E-state index contributed by atoms with van der Waals surface area (Å²) in [5.41, 5.74) is 2.18. The van der Waals surface area contributed by atoms with Gasteiger partial charge in [0.2, 0.25) is 5.89 Å². The van der Waals surface area contributed by atoms with Crippen LogP contribution in [0.2, 0.25) is 0 Å². The van der Waals surface area contributed by atoms with Crippen molar-refractivity contribution in [2.45, 2.75) is 13.0 Å². The molecule has 1 aliphatic rings. The number of likely N-dealkylation sites (N-methyl/N-ethyl adjacent to an activating group) is 1. The van der Waals surface area contributed by atoms with Crippen LogP contribution in [0.4, 0.5) is 18.9 Å². The van der Waals surface area contributed by atoms with Crippen LogP contribution in [0.1, 0.15) is 18.0 Å². The van der Waals surface area contributed by atoms with Crippen LogP contribution in [-0.2, 0) is 13.6 Å². The summed E-state index contributed by atoms with van der Waals surface area (Å²) in [7, 11) is 3.68. The van der Waals surface area contributed by atoms with Crippen molar-refractivity contribution in [3.63, 3.8) is 0 Å². The van der Waals surface area contributed by atoms with Gasteiger partial charge in [-0.1, -0.05) is 0 Å². The van der Waals surface area contributed by atoms with E-state index in [1.165, 1.54) is 21.4 Å². The monoisotopic (exact) mass is 473 g/mol. The minimum Gasteiger partial charge on any atom is -0.415 e. The summed E-state index contributed by atoms with van der Waals surface area (Å²) < 4.78 is 48.3. The van der Waals surface area contributed by atoms with Crippen LogP contribution in [0.3, 0.4) is 0 Å². The van der Waals surface area contributed by atoms with Crippen LogP contribution in [0, 0.1) is 5.82 Å². The number of fused-ring (bicyclic) bond motifs is 1. The number of hydrogen-bond donors (Lipinski definition) is 0. The molecule has 1 aliphatic heterocycles. The van der Waals surface area contributed by atoms with Gasteiger partial charge in [0.15, 0.2) is 0 Å². The Morgan fingerprint density at radius 2 is 1.82 bits per heavy atom. The first kappa shape index (κ1) is 22.1. The molecule has 178 valence electrons. The third-order valence-electron chi connectivity index (χ3n) is 6.08. The second-order valence-electron chi connectivity index (χ2n) is 8.29. The fraction of sp³-hybridized carbons (Fsp3) is 0.364. The standard InChI is InChI=1S/C22H22F3N7O2/c1-29-5-7-31(8-6-29)16-10-17-18(9-15(16)23)32(22(33)30(17)2)12-14-4-3-13(11-26-14)20-27-28-21(34-20)19(24)25/h3-4,9-11,19H,5-8,12H2,1-2H3. The number of aromatic nitrogens is 5. The van der Waals surface area contributed by atoms with E-state index < -0.39 is 12.3 Å². The van der Waals surface area contributed by atoms with E-state index in [1.54, 1.807) is 25.2 Å². The van der Waals surface area contributed by atoms with Crippen molar-refractivity contribution in [1.82, 2.24) is 29.2 Å². The molecule has 1 fully saturated rings. The Labute approximate surface area is 192 Å². The zero-order valence-corrected chi connectivity index (χ0v) is 18.6. The number of alkyl halides is 2. The number of rotatable bonds is 5. The number of nitrogens with zero attached hydrogens (tertiary/aromatic N) is 7. The second-order valence-corrected chi connectivity index (χ2v) is 8.29. The number of imidazole rings is 1. The molecule has 5 rings (SSSR count). The lowest BCUT2D eigenvalue weighted by atomic mass is 10.2. The number of hydrogen-bond acceptors (Lipinski definition) is 7. The SMILES string of the molecule is CN1CCN(c2cc3c(cc2F)n(Cc2ccc(-c4nnc(C(F)F)o4)cn2)c(=O)n3C)CC1. The topological polar surface area (TPSA) is 85.2 Å². The van der Waals surface area contributed by atoms with E-state index >= 15 is 4.39 Å². The van der Waals surface area contributed by atoms with Crippen LogP contribution < -0.4 is 10.6 Å². The molecular weight excluding hydrogens is 451 g/mol. The lowest BCUT2D eigenvalue weighted by molar-refractivity contribution is 0.116. The molecule has 1 aromatic carbocycles. The lowest BCUT2D eigenvalue weighted by Crippen LogP contribution is -2.44. The Balaban J connectivity index is 1.44. The molecule has 1 saturated heterocycles. The number of benzene rings is 1. The molecule has 0 N–H and O–H groups in total. The van der Waals surface area contributed by atoms with Gasteiger partial charge in [-0.15, -0.1) is 10.2 Å². The molecule has 0 spiro atoms. The van der Waals surface area contributed by atoms with Crippen LogP contribution in [0.15, 0.2) is 39.7 Å². The number of halogens is 3. The molecule has 0 aliphatic carbocycles. The van der Waals surface area contributed by atoms with Gasteiger partial charge in [0.25, 0.3) is 5.89 Å². The number of anilines is 1. The molecular formula is C22H22F3N7O2. The van der Waals surface area contributed by atoms with Gasteiger partial charge in [-0.2, -0.15) is 8.78 Å². The zero-order chi connectivity index (χ0) is 24.0. The smallest absolute Gasteiger partial charge is 0.329 e. The van der Waals surface area contributed by atoms with Crippen molar-refractivity contribution >= 4 is 16.7 Å². The van der Waals surface area contributed by atoms with E-state index in [0.717, 1.165) is 13.1 Å². The first-order valence-electron chi connectivity index (χ1n) is 10.7. The Hall–Kier alpha value is -3.67. The Morgan fingerprint density at radius 1 is 1.06 bits per heavy atom. The van der Waals surface area contributed by atoms with E-state index in [4.69, 9.17) is 4.42 Å². The van der Waals surface area contributed by atoms with Crippen LogP contribution in [-0.4, -0.2) is 62.4 Å². The Morgan fingerprint density at radius 3 is 2.47 bits per heavy atom. The average Bonchev–Trinajstić information content (AvgIpc) is 3.40. The maximum absolute atomic E-state index is 15.1. The normalized spacial score (nSPS) is 15.1. The fourth-order valence-corrected chi connectivity index (χ4v) is 4.10. The minimum absolute atomic E-state index is 0.0739. The molecule has 0 atom stereocenters. The van der Waals surface area contributed by atoms with Crippen molar-refractivity contribution in [1.29, 1.82) is 0 Å². The van der Waals surface area contributed by atoms with Gasteiger partial charge in [-0.05, 0) is 25.2 Å². The van der Waals surface area contributed by atoms with Gasteiger partial charge in [0.05, 0.1) is 34.5 Å². The summed E-state index contributed by atoms with van der Waals surface area (Å²) in [5, 5.41) is 6.90. The summed E-state index contributed by atoms with van der Waals surface area (Å²) in [4.78, 5) is 21.4. The third-order valence-corrected chi connectivity index (χ3v) is 6.08. The van der Waals surface area contributed by atoms with Crippen molar-refractivity contribution in [2.75, 3.05) is 38.1 Å². The van der Waals surface area contributed by atoms with Gasteiger partial charge in [-0.3, -0.25) is 14.1 Å². The predicted octanol–water partition coefficient (Wildman–Crippen LogP) is 2.66. The molecule has 0 bridgehead atoms. The van der Waals surface area contributed by atoms with Gasteiger partial charge >= 0.3 is 12.1 Å². The summed E-state index contributed by atoms with van der Waals surface area (Å²) >= 11 is 0. The van der Waals surface area contributed by atoms with E-state index in [0.29, 0.717) is 41.1 Å². The van der Waals surface area contributed by atoms with E-state index in [2.05, 4.69) is 20.1 Å². The van der Waals surface area contributed by atoms with Gasteiger partial charge in [-0.25, -0.2) is 9.18 Å². The molecule has 12 heteroatoms. The highest BCUT2D eigenvalue weighted by atomic mass is 19.3. The largest absolute Gasteiger partial charge is 0.415 e. The molecule has 0 amide bonds. The van der Waals surface area contributed by atoms with Crippen molar-refractivity contribution in [3.8, 4) is 11.5 Å². The molecule has 34 heavy (non-hydrogen) atoms. The van der Waals surface area contributed by atoms with E-state index in [1.807, 2.05) is 11.9 Å². The number of aryl methyl sites for hydroxylation is 1. The molecule has 9 nitrogen and oxygen atoms in total. The number of piperazine rings is 1. The molecule has 0 radical (unpaired) electrons. The summed E-state index contributed by atoms with van der Waals surface area (Å²) in [6, 6.07) is 6.33. The fourth-order valence-electron chi connectivity index (χ4n) is 4.10. The highest BCUT2D eigenvalue weighted by Crippen LogP contribution is 2.27. The molecule has 0 saturated carbocycles. The average molecular weight is 473 g/mol. The summed E-state index contributed by atoms with van der Waals surface area (Å²) in [5.74, 6) is -1.22. The second kappa shape index (κ2) is 8.60. The number of pyridine rings is 1. The first-order chi connectivity index (χ1) is 16.3. The molecule has 4 heterocycles. The maximum atomic E-state index is 15.1. The van der Waals surface area contributed by atoms with E-state index in [-0.39, 0.29) is 23.9 Å². The summed E-state index contributed by atoms with van der Waals surface area (Å²) in [6.07, 6.45) is -1.45. The first-order valence-corrected chi connectivity index (χ1v) is 10.7. The van der Waals surface area contributed by atoms with Crippen molar-refractivity contribution in [3.05, 3.63) is 58.3 Å². The highest BCUT2D eigenvalue weighted by Gasteiger charge is 2.21. The minimum atomic E-state index is -2.86. The predicted molar refractivity (Wildman–Crippen MR) is 118 cm³/mol. The van der Waals surface area contributed by atoms with Crippen LogP contribution >= 0.6 is 0 Å². The molecule has 3 aromatic heterocycles. The van der Waals surface area contributed by atoms with Gasteiger partial charge in [0, 0.05) is 45.5 Å². The lowest BCUT2D eigenvalue weighted by Gasteiger charge is -2.34. The van der Waals surface area contributed by atoms with Gasteiger partial charge in [0.1, 0.15) is 5.82 Å².